The molecule has 2 unspecified atom stereocenters. The third-order valence-corrected chi connectivity index (χ3v) is 4.10. The summed E-state index contributed by atoms with van der Waals surface area (Å²) in [5.74, 6) is -0.425. The van der Waals surface area contributed by atoms with Gasteiger partial charge in [0.15, 0.2) is 0 Å². The van der Waals surface area contributed by atoms with E-state index < -0.39 is 5.82 Å². The molecule has 1 aliphatic carbocycles. The quantitative estimate of drug-likeness (QED) is 0.790. The van der Waals surface area contributed by atoms with E-state index in [0.29, 0.717) is 24.9 Å². The van der Waals surface area contributed by atoms with Crippen LogP contribution in [-0.2, 0) is 0 Å². The Balaban J connectivity index is 1.94. The Morgan fingerprint density at radius 2 is 2.05 bits per heavy atom. The predicted octanol–water partition coefficient (Wildman–Crippen LogP) is 2.03. The Morgan fingerprint density at radius 3 is 2.70 bits per heavy atom. The average Bonchev–Trinajstić information content (AvgIpc) is 2.45. The molecule has 4 N–H and O–H groups in total. The monoisotopic (exact) mass is 280 g/mol. The number of nitrogens with one attached hydrogen (secondary N) is 1. The van der Waals surface area contributed by atoms with Crippen LogP contribution in [0.2, 0.25) is 0 Å². The molecule has 1 fully saturated rings. The molecular formula is C15H21FN2O2. The number of benzene rings is 1. The van der Waals surface area contributed by atoms with Crippen LogP contribution in [0, 0.1) is 17.7 Å². The zero-order chi connectivity index (χ0) is 14.5. The van der Waals surface area contributed by atoms with Gasteiger partial charge in [-0.05, 0) is 43.4 Å². The van der Waals surface area contributed by atoms with E-state index in [1.807, 2.05) is 0 Å². The maximum absolute atomic E-state index is 12.9. The molecule has 110 valence electrons. The second-order valence-electron chi connectivity index (χ2n) is 5.41. The number of rotatable bonds is 4. The smallest absolute Gasteiger partial charge is 0.255 e. The molecule has 20 heavy (non-hydrogen) atoms. The summed E-state index contributed by atoms with van der Waals surface area (Å²) in [5, 5.41) is 12.4. The number of aromatic hydroxyl groups is 1. The predicted molar refractivity (Wildman–Crippen MR) is 74.9 cm³/mol. The molecule has 4 nitrogen and oxygen atoms in total. The van der Waals surface area contributed by atoms with Gasteiger partial charge in [-0.2, -0.15) is 0 Å². The minimum Gasteiger partial charge on any atom is -0.507 e. The highest BCUT2D eigenvalue weighted by atomic mass is 19.1. The fourth-order valence-electron chi connectivity index (χ4n) is 2.88. The number of phenols is 1. The van der Waals surface area contributed by atoms with Crippen LogP contribution >= 0.6 is 0 Å². The standard InChI is InChI=1S/C15H21FN2O2/c16-12-5-6-13(14(19)7-12)15(20)18-9-11-4-2-1-3-10(11)8-17/h5-7,10-11,19H,1-4,8-9,17H2,(H,18,20). The van der Waals surface area contributed by atoms with Gasteiger partial charge in [0.05, 0.1) is 5.56 Å². The largest absolute Gasteiger partial charge is 0.507 e. The van der Waals surface area contributed by atoms with E-state index in [1.165, 1.54) is 18.9 Å². The van der Waals surface area contributed by atoms with Crippen molar-refractivity contribution in [1.82, 2.24) is 5.32 Å². The zero-order valence-electron chi connectivity index (χ0n) is 11.4. The lowest BCUT2D eigenvalue weighted by Crippen LogP contribution is -2.36. The van der Waals surface area contributed by atoms with Crippen molar-refractivity contribution in [2.45, 2.75) is 25.7 Å². The number of hydrogen-bond acceptors (Lipinski definition) is 3. The second-order valence-corrected chi connectivity index (χ2v) is 5.41. The molecule has 2 atom stereocenters. The lowest BCUT2D eigenvalue weighted by molar-refractivity contribution is 0.0932. The summed E-state index contributed by atoms with van der Waals surface area (Å²) in [6.45, 7) is 1.19. The third-order valence-electron chi connectivity index (χ3n) is 4.10. The Labute approximate surface area is 118 Å². The van der Waals surface area contributed by atoms with Gasteiger partial charge >= 0.3 is 0 Å². The SMILES string of the molecule is NCC1CCCCC1CNC(=O)c1ccc(F)cc1O. The van der Waals surface area contributed by atoms with Gasteiger partial charge < -0.3 is 16.2 Å². The number of phenolic OH excluding ortho intramolecular Hbond substituents is 1. The van der Waals surface area contributed by atoms with Gasteiger partial charge in [0.25, 0.3) is 5.91 Å². The highest BCUT2D eigenvalue weighted by Crippen LogP contribution is 2.28. The molecule has 0 radical (unpaired) electrons. The third kappa shape index (κ3) is 3.48. The lowest BCUT2D eigenvalue weighted by Gasteiger charge is -2.30. The summed E-state index contributed by atoms with van der Waals surface area (Å²) in [7, 11) is 0. The average molecular weight is 280 g/mol. The summed E-state index contributed by atoms with van der Waals surface area (Å²) in [6.07, 6.45) is 4.54. The Morgan fingerprint density at radius 1 is 1.35 bits per heavy atom. The molecule has 5 heteroatoms. The fourth-order valence-corrected chi connectivity index (χ4v) is 2.88. The topological polar surface area (TPSA) is 75.3 Å². The second kappa shape index (κ2) is 6.70. The summed E-state index contributed by atoms with van der Waals surface area (Å²) in [4.78, 5) is 12.0. The number of halogens is 1. The van der Waals surface area contributed by atoms with E-state index in [4.69, 9.17) is 5.73 Å². The summed E-state index contributed by atoms with van der Waals surface area (Å²) < 4.78 is 12.9. The van der Waals surface area contributed by atoms with Crippen molar-refractivity contribution in [3.63, 3.8) is 0 Å². The molecule has 1 amide bonds. The molecule has 0 aliphatic heterocycles. The van der Waals surface area contributed by atoms with Crippen LogP contribution in [0.5, 0.6) is 5.75 Å². The summed E-state index contributed by atoms with van der Waals surface area (Å²) in [6, 6.07) is 3.40. The van der Waals surface area contributed by atoms with E-state index in [2.05, 4.69) is 5.32 Å². The van der Waals surface area contributed by atoms with Gasteiger partial charge in [0.2, 0.25) is 0 Å². The number of nitrogens with two attached hydrogens (primary N) is 1. The first kappa shape index (κ1) is 14.8. The van der Waals surface area contributed by atoms with E-state index >= 15 is 0 Å². The van der Waals surface area contributed by atoms with Crippen LogP contribution in [0.25, 0.3) is 0 Å². The Hall–Kier alpha value is -1.62. The van der Waals surface area contributed by atoms with Crippen LogP contribution in [0.3, 0.4) is 0 Å². The van der Waals surface area contributed by atoms with Gasteiger partial charge in [-0.3, -0.25) is 4.79 Å². The van der Waals surface area contributed by atoms with Gasteiger partial charge in [-0.25, -0.2) is 4.39 Å². The summed E-state index contributed by atoms with van der Waals surface area (Å²) >= 11 is 0. The first-order valence-electron chi connectivity index (χ1n) is 7.08. The van der Waals surface area contributed by atoms with Crippen LogP contribution < -0.4 is 11.1 Å². The van der Waals surface area contributed by atoms with Gasteiger partial charge in [0.1, 0.15) is 11.6 Å². The Bertz CT molecular complexity index is 479. The van der Waals surface area contributed by atoms with Crippen molar-refractivity contribution in [3.8, 4) is 5.75 Å². The lowest BCUT2D eigenvalue weighted by atomic mass is 9.79. The highest BCUT2D eigenvalue weighted by molar-refractivity contribution is 5.96. The molecule has 1 aromatic carbocycles. The van der Waals surface area contributed by atoms with E-state index in [9.17, 15) is 14.3 Å². The number of hydrogen-bond donors (Lipinski definition) is 3. The van der Waals surface area contributed by atoms with Gasteiger partial charge in [-0.15, -0.1) is 0 Å². The fraction of sp³-hybridized carbons (Fsp3) is 0.533. The van der Waals surface area contributed by atoms with Crippen LogP contribution in [0.1, 0.15) is 36.0 Å². The number of carbonyl (C=O) groups is 1. The number of amides is 1. The van der Waals surface area contributed by atoms with Crippen molar-refractivity contribution in [2.75, 3.05) is 13.1 Å². The zero-order valence-corrected chi connectivity index (χ0v) is 11.4. The van der Waals surface area contributed by atoms with Crippen molar-refractivity contribution in [1.29, 1.82) is 0 Å². The molecule has 1 saturated carbocycles. The molecule has 0 saturated heterocycles. The first-order valence-corrected chi connectivity index (χ1v) is 7.08. The molecule has 0 bridgehead atoms. The van der Waals surface area contributed by atoms with Crippen molar-refractivity contribution in [2.24, 2.45) is 17.6 Å². The minimum absolute atomic E-state index is 0.103. The molecule has 0 heterocycles. The van der Waals surface area contributed by atoms with Gasteiger partial charge in [-0.1, -0.05) is 12.8 Å². The van der Waals surface area contributed by atoms with E-state index in [1.54, 1.807) is 0 Å². The van der Waals surface area contributed by atoms with Crippen molar-refractivity contribution < 1.29 is 14.3 Å². The molecule has 0 spiro atoms. The van der Waals surface area contributed by atoms with Crippen LogP contribution in [0.4, 0.5) is 4.39 Å². The number of carbonyl (C=O) groups excluding carboxylic acids is 1. The maximum atomic E-state index is 12.9. The highest BCUT2D eigenvalue weighted by Gasteiger charge is 2.24. The molecule has 1 aliphatic rings. The van der Waals surface area contributed by atoms with Crippen molar-refractivity contribution >= 4 is 5.91 Å². The van der Waals surface area contributed by atoms with E-state index in [0.717, 1.165) is 25.0 Å². The Kier molecular flexibility index (Phi) is 4.95. The molecule has 0 aromatic heterocycles. The molecular weight excluding hydrogens is 259 g/mol. The molecule has 2 rings (SSSR count). The van der Waals surface area contributed by atoms with Crippen LogP contribution in [0.15, 0.2) is 18.2 Å². The van der Waals surface area contributed by atoms with Crippen LogP contribution in [-0.4, -0.2) is 24.1 Å². The summed E-state index contributed by atoms with van der Waals surface area (Å²) in [5.41, 5.74) is 5.86. The molecule has 1 aromatic rings. The first-order chi connectivity index (χ1) is 9.61. The van der Waals surface area contributed by atoms with E-state index in [-0.39, 0.29) is 17.2 Å². The minimum atomic E-state index is -0.561. The van der Waals surface area contributed by atoms with Crippen molar-refractivity contribution in [3.05, 3.63) is 29.6 Å². The normalized spacial score (nSPS) is 22.5. The van der Waals surface area contributed by atoms with Gasteiger partial charge in [0, 0.05) is 12.6 Å². The maximum Gasteiger partial charge on any atom is 0.255 e.